The summed E-state index contributed by atoms with van der Waals surface area (Å²) >= 11 is 0. The third kappa shape index (κ3) is 2.83. The minimum absolute atomic E-state index is 0.113. The molecule has 8 heteroatoms. The van der Waals surface area contributed by atoms with Crippen LogP contribution in [0.25, 0.3) is 0 Å². The Kier molecular flexibility index (Phi) is 2.92. The molecule has 0 aromatic carbocycles. The van der Waals surface area contributed by atoms with Gasteiger partial charge in [-0.15, -0.1) is 0 Å². The van der Waals surface area contributed by atoms with Crippen molar-refractivity contribution in [3.05, 3.63) is 12.4 Å². The van der Waals surface area contributed by atoms with Crippen molar-refractivity contribution in [3.8, 4) is 0 Å². The summed E-state index contributed by atoms with van der Waals surface area (Å²) in [6, 6.07) is 0. The van der Waals surface area contributed by atoms with Crippen molar-refractivity contribution in [2.75, 3.05) is 22.2 Å². The van der Waals surface area contributed by atoms with E-state index in [1.54, 1.807) is 0 Å². The topological polar surface area (TPSA) is 110 Å². The SMILES string of the molecule is CC1(Nc2cncc(NN)n2)CCS(=O)(=O)C1. The molecule has 0 amide bonds. The van der Waals surface area contributed by atoms with Gasteiger partial charge in [0.25, 0.3) is 0 Å². The second-order valence-electron chi connectivity index (χ2n) is 4.46. The first-order valence-electron chi connectivity index (χ1n) is 5.20. The molecule has 1 atom stereocenters. The van der Waals surface area contributed by atoms with Crippen LogP contribution in [0.4, 0.5) is 11.6 Å². The summed E-state index contributed by atoms with van der Waals surface area (Å²) in [5.74, 6) is 6.49. The summed E-state index contributed by atoms with van der Waals surface area (Å²) in [6.45, 7) is 1.86. The van der Waals surface area contributed by atoms with E-state index in [0.29, 0.717) is 18.1 Å². The van der Waals surface area contributed by atoms with Crippen molar-refractivity contribution >= 4 is 21.5 Å². The Morgan fingerprint density at radius 2 is 2.12 bits per heavy atom. The molecular formula is C9H15N5O2S. The van der Waals surface area contributed by atoms with E-state index in [-0.39, 0.29) is 11.5 Å². The molecular weight excluding hydrogens is 242 g/mol. The number of nitrogens with zero attached hydrogens (tertiary/aromatic N) is 2. The minimum Gasteiger partial charge on any atom is -0.363 e. The van der Waals surface area contributed by atoms with Gasteiger partial charge in [0.05, 0.1) is 29.4 Å². The van der Waals surface area contributed by atoms with Crippen LogP contribution < -0.4 is 16.6 Å². The maximum atomic E-state index is 11.5. The fraction of sp³-hybridized carbons (Fsp3) is 0.556. The van der Waals surface area contributed by atoms with Gasteiger partial charge in [-0.2, -0.15) is 0 Å². The molecule has 7 nitrogen and oxygen atoms in total. The van der Waals surface area contributed by atoms with Gasteiger partial charge in [0.1, 0.15) is 5.82 Å². The second-order valence-corrected chi connectivity index (χ2v) is 6.65. The lowest BCUT2D eigenvalue weighted by atomic mass is 10.0. The van der Waals surface area contributed by atoms with Crippen molar-refractivity contribution < 1.29 is 8.42 Å². The molecule has 1 aliphatic heterocycles. The van der Waals surface area contributed by atoms with E-state index >= 15 is 0 Å². The van der Waals surface area contributed by atoms with Gasteiger partial charge in [0, 0.05) is 0 Å². The third-order valence-corrected chi connectivity index (χ3v) is 4.62. The number of nitrogen functional groups attached to an aromatic ring is 1. The molecule has 0 spiro atoms. The van der Waals surface area contributed by atoms with Crippen molar-refractivity contribution in [2.24, 2.45) is 5.84 Å². The monoisotopic (exact) mass is 257 g/mol. The molecule has 2 rings (SSSR count). The van der Waals surface area contributed by atoms with Gasteiger partial charge in [-0.25, -0.2) is 19.2 Å². The van der Waals surface area contributed by atoms with Gasteiger partial charge in [-0.3, -0.25) is 4.98 Å². The van der Waals surface area contributed by atoms with E-state index in [1.165, 1.54) is 12.4 Å². The highest BCUT2D eigenvalue weighted by molar-refractivity contribution is 7.91. The van der Waals surface area contributed by atoms with Crippen LogP contribution in [0.5, 0.6) is 0 Å². The molecule has 17 heavy (non-hydrogen) atoms. The molecule has 0 bridgehead atoms. The molecule has 1 unspecified atom stereocenters. The summed E-state index contributed by atoms with van der Waals surface area (Å²) < 4.78 is 22.9. The smallest absolute Gasteiger partial charge is 0.160 e. The van der Waals surface area contributed by atoms with Crippen LogP contribution in [-0.2, 0) is 9.84 Å². The van der Waals surface area contributed by atoms with E-state index < -0.39 is 15.4 Å². The Balaban J connectivity index is 2.15. The number of aromatic nitrogens is 2. The lowest BCUT2D eigenvalue weighted by Gasteiger charge is -2.24. The van der Waals surface area contributed by atoms with Crippen molar-refractivity contribution in [1.29, 1.82) is 0 Å². The van der Waals surface area contributed by atoms with Crippen LogP contribution in [0.3, 0.4) is 0 Å². The standard InChI is InChI=1S/C9H15N5O2S/c1-9(2-3-17(15,16)6-9)13-7-4-11-5-8(12-7)14-10/h4-5H,2-3,6,10H2,1H3,(H2,12,13,14). The zero-order valence-corrected chi connectivity index (χ0v) is 10.3. The highest BCUT2D eigenvalue weighted by Crippen LogP contribution is 2.26. The highest BCUT2D eigenvalue weighted by Gasteiger charge is 2.38. The first-order chi connectivity index (χ1) is 7.92. The van der Waals surface area contributed by atoms with Gasteiger partial charge in [-0.1, -0.05) is 0 Å². The summed E-state index contributed by atoms with van der Waals surface area (Å²) in [5, 5.41) is 3.10. The number of nitrogens with one attached hydrogen (secondary N) is 2. The Hall–Kier alpha value is -1.41. The third-order valence-electron chi connectivity index (χ3n) is 2.72. The molecule has 1 fully saturated rings. The number of rotatable bonds is 3. The Bertz CT molecular complexity index is 518. The van der Waals surface area contributed by atoms with E-state index in [9.17, 15) is 8.42 Å². The number of hydrogen-bond acceptors (Lipinski definition) is 7. The Labute approximate surface area is 99.7 Å². The molecule has 0 aliphatic carbocycles. The van der Waals surface area contributed by atoms with Gasteiger partial charge in [-0.05, 0) is 13.3 Å². The number of hydrogen-bond donors (Lipinski definition) is 3. The van der Waals surface area contributed by atoms with Crippen LogP contribution in [0.15, 0.2) is 12.4 Å². The molecule has 4 N–H and O–H groups in total. The number of anilines is 2. The fourth-order valence-corrected chi connectivity index (χ4v) is 4.01. The van der Waals surface area contributed by atoms with E-state index in [2.05, 4.69) is 20.7 Å². The number of sulfone groups is 1. The van der Waals surface area contributed by atoms with Crippen molar-refractivity contribution in [2.45, 2.75) is 18.9 Å². The summed E-state index contributed by atoms with van der Waals surface area (Å²) in [7, 11) is -2.94. The summed E-state index contributed by atoms with van der Waals surface area (Å²) in [4.78, 5) is 8.09. The summed E-state index contributed by atoms with van der Waals surface area (Å²) in [5.41, 5.74) is 1.90. The molecule has 94 valence electrons. The number of nitrogens with two attached hydrogens (primary N) is 1. The first kappa shape index (κ1) is 12.1. The van der Waals surface area contributed by atoms with E-state index in [1.807, 2.05) is 6.92 Å². The molecule has 1 aromatic heterocycles. The zero-order valence-electron chi connectivity index (χ0n) is 9.47. The molecule has 1 aliphatic rings. The van der Waals surface area contributed by atoms with Crippen LogP contribution >= 0.6 is 0 Å². The lowest BCUT2D eigenvalue weighted by Crippen LogP contribution is -2.36. The maximum Gasteiger partial charge on any atom is 0.160 e. The average molecular weight is 257 g/mol. The highest BCUT2D eigenvalue weighted by atomic mass is 32.2. The van der Waals surface area contributed by atoms with Crippen LogP contribution in [0, 0.1) is 0 Å². The van der Waals surface area contributed by atoms with Gasteiger partial charge >= 0.3 is 0 Å². The fourth-order valence-electron chi connectivity index (χ4n) is 1.91. The van der Waals surface area contributed by atoms with E-state index in [0.717, 1.165) is 0 Å². The summed E-state index contributed by atoms with van der Waals surface area (Å²) in [6.07, 6.45) is 3.59. The van der Waals surface area contributed by atoms with Crippen LogP contribution in [0.1, 0.15) is 13.3 Å². The molecule has 0 saturated carbocycles. The zero-order chi connectivity index (χ0) is 12.5. The molecule has 2 heterocycles. The first-order valence-corrected chi connectivity index (χ1v) is 7.02. The average Bonchev–Trinajstić information content (AvgIpc) is 2.53. The minimum atomic E-state index is -2.94. The van der Waals surface area contributed by atoms with Gasteiger partial charge in [0.2, 0.25) is 0 Å². The largest absolute Gasteiger partial charge is 0.363 e. The quantitative estimate of drug-likeness (QED) is 0.506. The molecule has 0 radical (unpaired) electrons. The van der Waals surface area contributed by atoms with Crippen molar-refractivity contribution in [1.82, 2.24) is 9.97 Å². The number of hydrazine groups is 1. The predicted octanol–water partition coefficient (Wildman–Crippen LogP) is -0.249. The molecule has 1 aromatic rings. The predicted molar refractivity (Wildman–Crippen MR) is 65.1 cm³/mol. The van der Waals surface area contributed by atoms with E-state index in [4.69, 9.17) is 5.84 Å². The Morgan fingerprint density at radius 1 is 1.41 bits per heavy atom. The molecule has 1 saturated heterocycles. The van der Waals surface area contributed by atoms with Gasteiger partial charge < -0.3 is 10.7 Å². The normalized spacial score (nSPS) is 26.7. The maximum absolute atomic E-state index is 11.5. The van der Waals surface area contributed by atoms with Gasteiger partial charge in [0.15, 0.2) is 15.7 Å². The van der Waals surface area contributed by atoms with Crippen molar-refractivity contribution in [3.63, 3.8) is 0 Å². The Morgan fingerprint density at radius 3 is 2.71 bits per heavy atom. The van der Waals surface area contributed by atoms with Crippen LogP contribution in [-0.4, -0.2) is 35.4 Å². The second kappa shape index (κ2) is 4.11. The lowest BCUT2D eigenvalue weighted by molar-refractivity contribution is 0.571. The van der Waals surface area contributed by atoms with Crippen LogP contribution in [0.2, 0.25) is 0 Å².